The molecule has 4 heterocycles. The van der Waals surface area contributed by atoms with E-state index in [4.69, 9.17) is 14.5 Å². The van der Waals surface area contributed by atoms with Crippen molar-refractivity contribution in [3.8, 4) is 11.4 Å². The van der Waals surface area contributed by atoms with Crippen molar-refractivity contribution in [1.82, 2.24) is 9.55 Å². The third-order valence-corrected chi connectivity index (χ3v) is 5.71. The molecule has 7 heteroatoms. The minimum absolute atomic E-state index is 0.105. The first kappa shape index (κ1) is 17.1. The Morgan fingerprint density at radius 1 is 1.32 bits per heavy atom. The summed E-state index contributed by atoms with van der Waals surface area (Å²) in [4.78, 5) is 30.3. The summed E-state index contributed by atoms with van der Waals surface area (Å²) in [5, 5.41) is 11.9. The zero-order chi connectivity index (χ0) is 19.6. The predicted octanol–water partition coefficient (Wildman–Crippen LogP) is 2.22. The van der Waals surface area contributed by atoms with Gasteiger partial charge >= 0.3 is 5.97 Å². The van der Waals surface area contributed by atoms with Crippen LogP contribution in [0.4, 0.5) is 0 Å². The van der Waals surface area contributed by atoms with E-state index in [1.54, 1.807) is 13.0 Å². The van der Waals surface area contributed by atoms with Crippen LogP contribution in [0.5, 0.6) is 0 Å². The molecule has 5 rings (SSSR count). The molecule has 142 valence electrons. The second kappa shape index (κ2) is 5.73. The average Bonchev–Trinajstić information content (AvgIpc) is 3.02. The van der Waals surface area contributed by atoms with Crippen LogP contribution in [0, 0.1) is 0 Å². The fourth-order valence-corrected chi connectivity index (χ4v) is 4.19. The monoisotopic (exact) mass is 378 g/mol. The van der Waals surface area contributed by atoms with Crippen LogP contribution < -0.4 is 5.56 Å². The topological polar surface area (TPSA) is 90.7 Å². The van der Waals surface area contributed by atoms with E-state index in [1.807, 2.05) is 30.3 Å². The number of para-hydroxylation sites is 1. The number of pyridine rings is 2. The molecule has 2 aromatic heterocycles. The first-order valence-electron chi connectivity index (χ1n) is 9.11. The van der Waals surface area contributed by atoms with Gasteiger partial charge in [0.25, 0.3) is 5.56 Å². The van der Waals surface area contributed by atoms with Crippen LogP contribution in [-0.2, 0) is 26.5 Å². The highest BCUT2D eigenvalue weighted by molar-refractivity contribution is 5.86. The Labute approximate surface area is 160 Å². The van der Waals surface area contributed by atoms with Gasteiger partial charge in [0.2, 0.25) is 0 Å². The van der Waals surface area contributed by atoms with Crippen molar-refractivity contribution < 1.29 is 19.4 Å². The second-order valence-electron chi connectivity index (χ2n) is 7.09. The van der Waals surface area contributed by atoms with Gasteiger partial charge in [-0.05, 0) is 24.6 Å². The zero-order valence-corrected chi connectivity index (χ0v) is 15.4. The third-order valence-electron chi connectivity index (χ3n) is 5.71. The van der Waals surface area contributed by atoms with E-state index in [9.17, 15) is 14.7 Å². The molecular weight excluding hydrogens is 360 g/mol. The van der Waals surface area contributed by atoms with E-state index in [2.05, 4.69) is 0 Å². The molecule has 1 aromatic carbocycles. The van der Waals surface area contributed by atoms with Gasteiger partial charge in [-0.3, -0.25) is 9.36 Å². The number of cyclic esters (lactones) is 1. The molecule has 3 aromatic rings. The lowest BCUT2D eigenvalue weighted by molar-refractivity contribution is -0.172. The van der Waals surface area contributed by atoms with Gasteiger partial charge in [-0.2, -0.15) is 0 Å². The fraction of sp³-hybridized carbons (Fsp3) is 0.286. The van der Waals surface area contributed by atoms with Gasteiger partial charge < -0.3 is 14.6 Å². The smallest absolute Gasteiger partial charge is 0.343 e. The number of hydrogen-bond donors (Lipinski definition) is 1. The number of ether oxygens (including phenoxy) is 2. The number of hydrogen-bond acceptors (Lipinski definition) is 6. The summed E-state index contributed by atoms with van der Waals surface area (Å²) in [6.07, 6.45) is -0.528. The summed E-state index contributed by atoms with van der Waals surface area (Å²) < 4.78 is 12.3. The molecule has 0 aliphatic carbocycles. The highest BCUT2D eigenvalue weighted by Gasteiger charge is 2.46. The second-order valence-corrected chi connectivity index (χ2v) is 7.09. The number of fused-ring (bicyclic) bond motifs is 5. The largest absolute Gasteiger partial charge is 0.458 e. The van der Waals surface area contributed by atoms with Crippen molar-refractivity contribution in [2.75, 3.05) is 7.11 Å². The molecule has 1 unspecified atom stereocenters. The number of methoxy groups -OCH3 is 1. The molecule has 0 bridgehead atoms. The van der Waals surface area contributed by atoms with E-state index < -0.39 is 17.8 Å². The summed E-state index contributed by atoms with van der Waals surface area (Å²) in [5.74, 6) is -0.736. The molecule has 0 saturated heterocycles. The number of esters is 1. The van der Waals surface area contributed by atoms with Crippen molar-refractivity contribution in [3.05, 3.63) is 63.4 Å². The lowest BCUT2D eigenvalue weighted by Gasteiger charge is -2.32. The molecule has 0 radical (unpaired) electrons. The number of aliphatic hydroxyl groups is 1. The molecule has 1 N–H and O–H groups in total. The molecule has 28 heavy (non-hydrogen) atoms. The van der Waals surface area contributed by atoms with Crippen LogP contribution in [0.25, 0.3) is 22.3 Å². The van der Waals surface area contributed by atoms with Crippen molar-refractivity contribution in [3.63, 3.8) is 0 Å². The molecule has 0 amide bonds. The minimum Gasteiger partial charge on any atom is -0.458 e. The van der Waals surface area contributed by atoms with Crippen molar-refractivity contribution in [2.24, 2.45) is 0 Å². The van der Waals surface area contributed by atoms with E-state index in [0.29, 0.717) is 17.0 Å². The Bertz CT molecular complexity index is 1220. The summed E-state index contributed by atoms with van der Waals surface area (Å²) in [5.41, 5.74) is 1.08. The van der Waals surface area contributed by atoms with Crippen LogP contribution in [0.1, 0.15) is 36.3 Å². The molecule has 2 aliphatic rings. The van der Waals surface area contributed by atoms with Gasteiger partial charge in [-0.15, -0.1) is 0 Å². The molecule has 7 nitrogen and oxygen atoms in total. The van der Waals surface area contributed by atoms with E-state index in [0.717, 1.165) is 16.5 Å². The number of carbonyl (C=O) groups is 1. The number of carbonyl (C=O) groups excluding carboxylic acids is 1. The number of rotatable bonds is 2. The number of benzene rings is 1. The molecule has 2 aliphatic heterocycles. The van der Waals surface area contributed by atoms with Gasteiger partial charge in [-0.1, -0.05) is 25.1 Å². The first-order chi connectivity index (χ1) is 13.5. The number of nitrogens with zero attached hydrogens (tertiary/aromatic N) is 2. The zero-order valence-electron chi connectivity index (χ0n) is 15.4. The highest BCUT2D eigenvalue weighted by Crippen LogP contribution is 2.42. The normalized spacial score (nSPS) is 22.5. The molecule has 0 fully saturated rings. The standard InChI is InChI=1S/C21H18N2O5/c1-3-21(26)14-9-16-17-12(8-11-6-4-5-7-15(11)22-17)19(27-2)23(16)18(24)13(14)10-28-20(21)25/h4-9,19,26H,3,10H2,1-2H3/t19?,21-/m0/s1. The minimum atomic E-state index is -1.84. The Balaban J connectivity index is 1.86. The van der Waals surface area contributed by atoms with Gasteiger partial charge in [-0.25, -0.2) is 9.78 Å². The van der Waals surface area contributed by atoms with Gasteiger partial charge in [0.15, 0.2) is 11.8 Å². The molecule has 0 spiro atoms. The predicted molar refractivity (Wildman–Crippen MR) is 101 cm³/mol. The average molecular weight is 378 g/mol. The SMILES string of the molecule is CC[C@@]1(O)C(=O)OCc2c1cc1n(c2=O)C(OC)c2cc3ccccc3nc2-1. The van der Waals surface area contributed by atoms with Gasteiger partial charge in [0.1, 0.15) is 6.61 Å². The Hall–Kier alpha value is -3.03. The van der Waals surface area contributed by atoms with Gasteiger partial charge in [0, 0.05) is 23.6 Å². The summed E-state index contributed by atoms with van der Waals surface area (Å²) >= 11 is 0. The quantitative estimate of drug-likeness (QED) is 0.688. The fourth-order valence-electron chi connectivity index (χ4n) is 4.19. The summed E-state index contributed by atoms with van der Waals surface area (Å²) in [7, 11) is 1.53. The summed E-state index contributed by atoms with van der Waals surface area (Å²) in [6.45, 7) is 1.51. The van der Waals surface area contributed by atoms with Crippen LogP contribution in [0.3, 0.4) is 0 Å². The van der Waals surface area contributed by atoms with Crippen molar-refractivity contribution >= 4 is 16.9 Å². The number of aromatic nitrogens is 2. The molecule has 2 atom stereocenters. The van der Waals surface area contributed by atoms with Crippen LogP contribution in [0.15, 0.2) is 41.2 Å². The van der Waals surface area contributed by atoms with Crippen molar-refractivity contribution in [1.29, 1.82) is 0 Å². The third kappa shape index (κ3) is 2.03. The first-order valence-corrected chi connectivity index (χ1v) is 9.11. The molecule has 0 saturated carbocycles. The van der Waals surface area contributed by atoms with E-state index >= 15 is 0 Å². The van der Waals surface area contributed by atoms with Crippen LogP contribution in [0.2, 0.25) is 0 Å². The maximum atomic E-state index is 13.3. The van der Waals surface area contributed by atoms with Crippen LogP contribution in [-0.4, -0.2) is 27.7 Å². The van der Waals surface area contributed by atoms with E-state index in [1.165, 1.54) is 11.7 Å². The highest BCUT2D eigenvalue weighted by atomic mass is 16.6. The van der Waals surface area contributed by atoms with Gasteiger partial charge in [0.05, 0.1) is 22.5 Å². The van der Waals surface area contributed by atoms with Crippen molar-refractivity contribution in [2.45, 2.75) is 31.8 Å². The lowest BCUT2D eigenvalue weighted by Crippen LogP contribution is -2.44. The Morgan fingerprint density at radius 3 is 2.86 bits per heavy atom. The molecular formula is C21H18N2O5. The Kier molecular flexibility index (Phi) is 3.50. The lowest BCUT2D eigenvalue weighted by atomic mass is 9.86. The Morgan fingerprint density at radius 2 is 2.11 bits per heavy atom. The summed E-state index contributed by atoms with van der Waals surface area (Å²) in [6, 6.07) is 11.3. The maximum Gasteiger partial charge on any atom is 0.343 e. The van der Waals surface area contributed by atoms with E-state index in [-0.39, 0.29) is 24.2 Å². The maximum absolute atomic E-state index is 13.3. The van der Waals surface area contributed by atoms with Crippen LogP contribution >= 0.6 is 0 Å².